The summed E-state index contributed by atoms with van der Waals surface area (Å²) in [5.74, 6) is 0. The molecule has 0 atom stereocenters. The zero-order valence-electron chi connectivity index (χ0n) is 14.8. The van der Waals surface area contributed by atoms with Gasteiger partial charge < -0.3 is 0 Å². The van der Waals surface area contributed by atoms with Crippen LogP contribution in [0.4, 0.5) is 0 Å². The fourth-order valence-corrected chi connectivity index (χ4v) is 3.77. The molecular formula is C18H13NS. The Morgan fingerprint density at radius 3 is 3.00 bits per heavy atom. The normalized spacial score (nSPS) is 14.1. The molecule has 0 unspecified atom stereocenters. The van der Waals surface area contributed by atoms with Gasteiger partial charge in [0.25, 0.3) is 0 Å². The van der Waals surface area contributed by atoms with Gasteiger partial charge in [-0.2, -0.15) is 0 Å². The number of rotatable bonds is 1. The van der Waals surface area contributed by atoms with Crippen molar-refractivity contribution in [2.75, 3.05) is 0 Å². The molecule has 0 spiro atoms. The summed E-state index contributed by atoms with van der Waals surface area (Å²) in [6.07, 6.45) is -0.264. The maximum atomic E-state index is 8.17. The third kappa shape index (κ3) is 1.73. The Balaban J connectivity index is 2.10. The number of benzene rings is 2. The van der Waals surface area contributed by atoms with E-state index in [4.69, 9.17) is 5.48 Å². The van der Waals surface area contributed by atoms with E-state index in [9.17, 15) is 0 Å². The van der Waals surface area contributed by atoms with E-state index in [-0.39, 0.29) is 24.3 Å². The zero-order valence-corrected chi connectivity index (χ0v) is 11.6. The Bertz CT molecular complexity index is 1120. The van der Waals surface area contributed by atoms with Gasteiger partial charge >= 0.3 is 0 Å². The first-order valence-electron chi connectivity index (χ1n) is 8.34. The lowest BCUT2D eigenvalue weighted by Crippen LogP contribution is -1.81. The van der Waals surface area contributed by atoms with Crippen LogP contribution in [0.2, 0.25) is 0 Å². The molecule has 1 nitrogen and oxygen atoms in total. The van der Waals surface area contributed by atoms with Crippen LogP contribution >= 0.6 is 11.3 Å². The Labute approximate surface area is 127 Å². The molecule has 4 aromatic rings. The van der Waals surface area contributed by atoms with E-state index in [1.807, 2.05) is 18.2 Å². The largest absolute Gasteiger partial charge is 0.256 e. The van der Waals surface area contributed by atoms with E-state index < -0.39 is 0 Å². The Morgan fingerprint density at radius 2 is 2.05 bits per heavy atom. The van der Waals surface area contributed by atoms with Gasteiger partial charge in [0.15, 0.2) is 0 Å². The first kappa shape index (κ1) is 8.18. The number of hydrogen-bond acceptors (Lipinski definition) is 2. The molecule has 0 amide bonds. The molecule has 0 saturated carbocycles. The molecule has 20 heavy (non-hydrogen) atoms. The van der Waals surface area contributed by atoms with Crippen LogP contribution in [0.3, 0.4) is 0 Å². The monoisotopic (exact) mass is 279 g/mol. The van der Waals surface area contributed by atoms with Crippen molar-refractivity contribution in [2.45, 2.75) is 6.92 Å². The van der Waals surface area contributed by atoms with Gasteiger partial charge in [-0.3, -0.25) is 4.98 Å². The van der Waals surface area contributed by atoms with E-state index in [1.165, 1.54) is 10.3 Å². The van der Waals surface area contributed by atoms with Crippen LogP contribution < -0.4 is 0 Å². The minimum atomic E-state index is -0.303. The van der Waals surface area contributed by atoms with Crippen molar-refractivity contribution in [3.63, 3.8) is 0 Å². The summed E-state index contributed by atoms with van der Waals surface area (Å²) in [7, 11) is 0. The van der Waals surface area contributed by atoms with Crippen LogP contribution in [-0.4, -0.2) is 4.98 Å². The van der Waals surface area contributed by atoms with Gasteiger partial charge in [-0.1, -0.05) is 36.4 Å². The highest BCUT2D eigenvalue weighted by atomic mass is 32.1. The lowest BCUT2D eigenvalue weighted by molar-refractivity contribution is 1.33. The average molecular weight is 279 g/mol. The summed E-state index contributed by atoms with van der Waals surface area (Å²) in [4.78, 5) is 4.12. The lowest BCUT2D eigenvalue weighted by Gasteiger charge is -2.01. The van der Waals surface area contributed by atoms with Crippen molar-refractivity contribution in [1.82, 2.24) is 4.98 Å². The molecular weight excluding hydrogens is 262 g/mol. The van der Waals surface area contributed by atoms with Gasteiger partial charge in [-0.25, -0.2) is 0 Å². The highest BCUT2D eigenvalue weighted by molar-refractivity contribution is 7.26. The third-order valence-electron chi connectivity index (χ3n) is 3.38. The van der Waals surface area contributed by atoms with Crippen LogP contribution in [0.1, 0.15) is 11.0 Å². The SMILES string of the molecule is [2H]c1nc(-c2cccc3c2sc2cc(C)ccc23)c([2H])c([2H])c1[2H]. The van der Waals surface area contributed by atoms with Crippen molar-refractivity contribution in [3.05, 3.63) is 66.3 Å². The summed E-state index contributed by atoms with van der Waals surface area (Å²) in [5, 5.41) is 2.24. The van der Waals surface area contributed by atoms with Gasteiger partial charge in [-0.15, -0.1) is 11.3 Å². The maximum Gasteiger partial charge on any atom is 0.0840 e. The van der Waals surface area contributed by atoms with E-state index in [1.54, 1.807) is 11.3 Å². The fraction of sp³-hybridized carbons (Fsp3) is 0.0556. The van der Waals surface area contributed by atoms with Crippen molar-refractivity contribution < 1.29 is 5.48 Å². The number of aromatic nitrogens is 1. The molecule has 0 aliphatic carbocycles. The number of fused-ring (bicyclic) bond motifs is 3. The molecule has 2 heterocycles. The van der Waals surface area contributed by atoms with Crippen LogP contribution in [0.25, 0.3) is 31.4 Å². The van der Waals surface area contributed by atoms with Gasteiger partial charge in [0.2, 0.25) is 0 Å². The van der Waals surface area contributed by atoms with E-state index >= 15 is 0 Å². The second kappa shape index (κ2) is 4.43. The predicted octanol–water partition coefficient (Wildman–Crippen LogP) is 5.42. The molecule has 0 N–H and O–H groups in total. The van der Waals surface area contributed by atoms with E-state index in [2.05, 4.69) is 30.1 Å². The van der Waals surface area contributed by atoms with Gasteiger partial charge in [0, 0.05) is 31.9 Å². The van der Waals surface area contributed by atoms with E-state index in [0.29, 0.717) is 5.69 Å². The average Bonchev–Trinajstić information content (AvgIpc) is 2.93. The molecule has 0 aliphatic heterocycles. The molecule has 0 bridgehead atoms. The molecule has 4 rings (SSSR count). The molecule has 0 saturated heterocycles. The van der Waals surface area contributed by atoms with E-state index in [0.717, 1.165) is 21.0 Å². The van der Waals surface area contributed by atoms with Crippen molar-refractivity contribution in [2.24, 2.45) is 0 Å². The summed E-state index contributed by atoms with van der Waals surface area (Å²) in [6.45, 7) is 2.06. The second-order valence-electron chi connectivity index (χ2n) is 4.73. The molecule has 96 valence electrons. The first-order valence-corrected chi connectivity index (χ1v) is 7.15. The highest BCUT2D eigenvalue weighted by Gasteiger charge is 2.10. The second-order valence-corrected chi connectivity index (χ2v) is 5.78. The number of aryl methyl sites for hydroxylation is 1. The molecule has 0 radical (unpaired) electrons. The Morgan fingerprint density at radius 1 is 1.10 bits per heavy atom. The minimum Gasteiger partial charge on any atom is -0.256 e. The number of hydrogen-bond donors (Lipinski definition) is 0. The number of thiophene rings is 1. The Hall–Kier alpha value is -2.19. The molecule has 0 aliphatic rings. The highest BCUT2D eigenvalue weighted by Crippen LogP contribution is 2.39. The quantitative estimate of drug-likeness (QED) is 0.453. The van der Waals surface area contributed by atoms with Crippen LogP contribution in [0.5, 0.6) is 0 Å². The molecule has 2 aromatic carbocycles. The van der Waals surface area contributed by atoms with Crippen LogP contribution in [-0.2, 0) is 0 Å². The minimum absolute atomic E-state index is 0.0999. The standard InChI is InChI=1S/C18H13NS/c1-12-8-9-13-14-5-4-6-15(16-7-2-3-10-19-16)18(14)20-17(13)11-12/h2-11H,1H3/i2D,3D,7D,10D. The predicted molar refractivity (Wildman–Crippen MR) is 87.3 cm³/mol. The zero-order chi connectivity index (χ0) is 17.0. The van der Waals surface area contributed by atoms with Crippen molar-refractivity contribution in [1.29, 1.82) is 0 Å². The van der Waals surface area contributed by atoms with Gasteiger partial charge in [-0.05, 0) is 30.6 Å². The van der Waals surface area contributed by atoms with Crippen molar-refractivity contribution in [3.8, 4) is 11.3 Å². The topological polar surface area (TPSA) is 12.9 Å². The lowest BCUT2D eigenvalue weighted by atomic mass is 10.1. The summed E-state index contributed by atoms with van der Waals surface area (Å²) < 4.78 is 33.7. The van der Waals surface area contributed by atoms with Gasteiger partial charge in [0.05, 0.1) is 11.2 Å². The first-order chi connectivity index (χ1) is 11.5. The molecule has 2 heteroatoms. The van der Waals surface area contributed by atoms with Crippen molar-refractivity contribution >= 4 is 31.5 Å². The smallest absolute Gasteiger partial charge is 0.0840 e. The number of pyridine rings is 1. The molecule has 0 fully saturated rings. The maximum absolute atomic E-state index is 8.17. The fourth-order valence-electron chi connectivity index (χ4n) is 2.45. The summed E-state index contributed by atoms with van der Waals surface area (Å²) >= 11 is 1.63. The summed E-state index contributed by atoms with van der Waals surface area (Å²) in [5.41, 5.74) is 2.24. The molecule has 2 aromatic heterocycles. The summed E-state index contributed by atoms with van der Waals surface area (Å²) in [6, 6.07) is 11.5. The van der Waals surface area contributed by atoms with Gasteiger partial charge in [0.1, 0.15) is 0 Å². The van der Waals surface area contributed by atoms with Crippen LogP contribution in [0, 0.1) is 6.92 Å². The third-order valence-corrected chi connectivity index (χ3v) is 4.58. The van der Waals surface area contributed by atoms with Crippen LogP contribution in [0.15, 0.2) is 60.7 Å². The number of nitrogens with zero attached hydrogens (tertiary/aromatic N) is 1. The Kier molecular flexibility index (Phi) is 1.81.